The summed E-state index contributed by atoms with van der Waals surface area (Å²) in [6.07, 6.45) is -2.14. The normalized spacial score (nSPS) is 20.3. The van der Waals surface area contributed by atoms with E-state index in [1.54, 1.807) is 12.1 Å². The second-order valence-corrected chi connectivity index (χ2v) is 21.8. The molecule has 11 rings (SSSR count). The van der Waals surface area contributed by atoms with Gasteiger partial charge in [-0.25, -0.2) is 9.97 Å². The zero-order valence-electron chi connectivity index (χ0n) is 46.6. The fourth-order valence-corrected chi connectivity index (χ4v) is 10.6. The molecular weight excluding hydrogens is 1140 g/mol. The Hall–Kier alpha value is -7.12. The molecule has 1 unspecified atom stereocenters. The molecule has 8 aromatic rings. The van der Waals surface area contributed by atoms with Crippen LogP contribution in [0.2, 0.25) is 10.0 Å². The molecule has 21 nitrogen and oxygen atoms in total. The van der Waals surface area contributed by atoms with Gasteiger partial charge in [0, 0.05) is 43.6 Å². The van der Waals surface area contributed by atoms with E-state index in [2.05, 4.69) is 29.8 Å². The third-order valence-corrected chi connectivity index (χ3v) is 15.4. The number of carbonyl (C=O) groups is 2. The summed E-state index contributed by atoms with van der Waals surface area (Å²) in [6, 6.07) is 35.2. The van der Waals surface area contributed by atoms with Gasteiger partial charge in [0.05, 0.1) is 103 Å². The van der Waals surface area contributed by atoms with Gasteiger partial charge in [0.25, 0.3) is 12.0 Å². The third kappa shape index (κ3) is 16.1. The maximum atomic E-state index is 12.3. The number of nitrogens with one attached hydrogen (secondary N) is 2. The number of aromatic amines is 2. The lowest BCUT2D eigenvalue weighted by molar-refractivity contribution is -0.146. The molecule has 7 heterocycles. The van der Waals surface area contributed by atoms with E-state index in [4.69, 9.17) is 66.5 Å². The van der Waals surface area contributed by atoms with Crippen molar-refractivity contribution in [1.29, 1.82) is 0 Å². The summed E-state index contributed by atoms with van der Waals surface area (Å²) in [5, 5.41) is 48.6. The van der Waals surface area contributed by atoms with Crippen molar-refractivity contribution in [1.82, 2.24) is 34.8 Å². The van der Waals surface area contributed by atoms with Crippen LogP contribution in [0.15, 0.2) is 109 Å². The number of rotatable bonds is 20. The number of imidazole rings is 2. The number of aromatic nitrogens is 6. The van der Waals surface area contributed by atoms with Gasteiger partial charge in [-0.15, -0.1) is 0 Å². The van der Waals surface area contributed by atoms with E-state index in [9.17, 15) is 30.0 Å². The van der Waals surface area contributed by atoms with Crippen molar-refractivity contribution < 1.29 is 68.3 Å². The number of H-pyrrole nitrogens is 2. The molecule has 0 aliphatic carbocycles. The largest absolute Gasteiger partial charge is 0.464 e. The molecule has 7 atom stereocenters. The molecule has 0 spiro atoms. The van der Waals surface area contributed by atoms with E-state index in [0.29, 0.717) is 75.8 Å². The summed E-state index contributed by atoms with van der Waals surface area (Å²) in [6.45, 7) is 5.98. The van der Waals surface area contributed by atoms with Crippen molar-refractivity contribution in [2.24, 2.45) is 0 Å². The Labute approximate surface area is 499 Å². The van der Waals surface area contributed by atoms with Crippen LogP contribution < -0.4 is 9.47 Å². The number of aliphatic hydroxyl groups excluding tert-OH is 5. The van der Waals surface area contributed by atoms with Crippen LogP contribution in [0.3, 0.4) is 0 Å². The van der Waals surface area contributed by atoms with E-state index in [1.165, 1.54) is 0 Å². The number of pyridine rings is 2. The quantitative estimate of drug-likeness (QED) is 0.0380. The first-order valence-electron chi connectivity index (χ1n) is 28.2. The highest BCUT2D eigenvalue weighted by Gasteiger charge is 2.32. The Kier molecular flexibility index (Phi) is 20.7. The zero-order valence-corrected chi connectivity index (χ0v) is 48.2. The lowest BCUT2D eigenvalue weighted by Crippen LogP contribution is -2.45. The zero-order chi connectivity index (χ0) is 59.4. The lowest BCUT2D eigenvalue weighted by atomic mass is 10.0. The van der Waals surface area contributed by atoms with Gasteiger partial charge in [-0.3, -0.25) is 14.5 Å². The van der Waals surface area contributed by atoms with Gasteiger partial charge >= 0.3 is 11.9 Å². The smallest absolute Gasteiger partial charge is 0.310 e. The number of ether oxygens (including phenoxy) is 7. The van der Waals surface area contributed by atoms with Crippen molar-refractivity contribution in [2.75, 3.05) is 72.5 Å². The van der Waals surface area contributed by atoms with Gasteiger partial charge in [0.1, 0.15) is 37.6 Å². The SMILES string of the molecule is CC[C@H]1OC[C@H](Oc2nc3nc(-c4ccc(-c5ccc(CC(=O)OCCN6CCOCC6)cc5)cc4)c(Cl)cc3[nH]2)C[C@@H]1O.O=C(Cc1ccc(-c2ccc(-c3nc4nc(O[C@H]5CO[C@H](CO)[C@@H](O)C5)[nH]c4cc3Cl)cc2)cc1)OCC(O)CO. The number of hydrogen-bond donors (Lipinski definition) is 7. The number of esters is 2. The standard InChI is InChI=1S/C33H37ClN4O6.C29H30ClN3O8/c1-2-29-28(39)18-25(20-43-29)44-33-35-27-19-26(34)31(36-32(27)37-33)24-9-7-23(8-10-24)22-5-3-21(4-6-22)17-30(40)42-16-13-38-11-14-41-15-12-38;30-22-11-23-28(33-29(31-23)41-21-10-24(37)25(13-35)39-15-21)32-27(22)19-7-5-18(6-8-19)17-3-1-16(2-4-17)9-26(38)40-14-20(36)12-34/h3-10,19,25,28-29,39H,2,11-18,20H2,1H3,(H,35,36,37);1-8,11,20-21,24-25,34-37H,9-10,12-15H2,(H,31,32,33)/t25-,28+,29-;20?,21-,24+,25-/m11/s1. The van der Waals surface area contributed by atoms with Gasteiger partial charge in [0.2, 0.25) is 0 Å². The van der Waals surface area contributed by atoms with E-state index in [0.717, 1.165) is 83.8 Å². The monoisotopic (exact) mass is 1200 g/mol. The molecule has 3 saturated heterocycles. The molecule has 448 valence electrons. The molecule has 4 aromatic carbocycles. The Morgan fingerprint density at radius 2 is 1.07 bits per heavy atom. The van der Waals surface area contributed by atoms with Crippen molar-refractivity contribution in [3.05, 3.63) is 130 Å². The number of aliphatic hydroxyl groups is 5. The molecule has 0 radical (unpaired) electrons. The molecular formula is C62H67Cl2N7O14. The number of carbonyl (C=O) groups excluding carboxylic acids is 2. The van der Waals surface area contributed by atoms with E-state index in [-0.39, 0.29) is 56.8 Å². The molecule has 0 saturated carbocycles. The predicted octanol–water partition coefficient (Wildman–Crippen LogP) is 6.94. The summed E-state index contributed by atoms with van der Waals surface area (Å²) < 4.78 is 38.7. The molecule has 3 aliphatic heterocycles. The molecule has 0 amide bonds. The second kappa shape index (κ2) is 28.8. The number of fused-ring (bicyclic) bond motifs is 2. The highest BCUT2D eigenvalue weighted by atomic mass is 35.5. The van der Waals surface area contributed by atoms with Crippen LogP contribution >= 0.6 is 23.2 Å². The van der Waals surface area contributed by atoms with Crippen LogP contribution in [0.5, 0.6) is 12.0 Å². The summed E-state index contributed by atoms with van der Waals surface area (Å²) in [4.78, 5) is 50.9. The van der Waals surface area contributed by atoms with Gasteiger partial charge in [-0.2, -0.15) is 9.97 Å². The maximum absolute atomic E-state index is 12.3. The fraction of sp³-hybridized carbons (Fsp3) is 0.387. The van der Waals surface area contributed by atoms with Gasteiger partial charge < -0.3 is 68.7 Å². The van der Waals surface area contributed by atoms with Crippen molar-refractivity contribution in [3.63, 3.8) is 0 Å². The predicted molar refractivity (Wildman–Crippen MR) is 316 cm³/mol. The number of nitrogens with zero attached hydrogens (tertiary/aromatic N) is 5. The number of morpholine rings is 1. The first-order chi connectivity index (χ1) is 41.3. The molecule has 3 aliphatic rings. The molecule has 7 N–H and O–H groups in total. The minimum Gasteiger partial charge on any atom is -0.464 e. The topological polar surface area (TPSA) is 286 Å². The lowest BCUT2D eigenvalue weighted by Gasteiger charge is -2.32. The Morgan fingerprint density at radius 1 is 0.635 bits per heavy atom. The van der Waals surface area contributed by atoms with Crippen LogP contribution in [0, 0.1) is 0 Å². The van der Waals surface area contributed by atoms with Crippen molar-refractivity contribution >= 4 is 57.5 Å². The summed E-state index contributed by atoms with van der Waals surface area (Å²) >= 11 is 13.2. The van der Waals surface area contributed by atoms with Crippen LogP contribution in [0.25, 0.3) is 67.1 Å². The Bertz CT molecular complexity index is 3490. The highest BCUT2D eigenvalue weighted by Crippen LogP contribution is 2.34. The van der Waals surface area contributed by atoms with E-state index < -0.39 is 43.1 Å². The minimum atomic E-state index is -1.08. The highest BCUT2D eigenvalue weighted by molar-refractivity contribution is 6.34. The number of halogens is 2. The summed E-state index contributed by atoms with van der Waals surface area (Å²) in [5.41, 5.74) is 10.7. The Morgan fingerprint density at radius 3 is 1.51 bits per heavy atom. The summed E-state index contributed by atoms with van der Waals surface area (Å²) in [7, 11) is 0. The maximum Gasteiger partial charge on any atom is 0.310 e. The van der Waals surface area contributed by atoms with E-state index in [1.807, 2.05) is 104 Å². The minimum absolute atomic E-state index is 0.0600. The average molecular weight is 1210 g/mol. The van der Waals surface area contributed by atoms with Gasteiger partial charge in [-0.1, -0.05) is 127 Å². The van der Waals surface area contributed by atoms with Crippen LogP contribution in [0.1, 0.15) is 37.3 Å². The second-order valence-electron chi connectivity index (χ2n) is 21.0. The van der Waals surface area contributed by atoms with Gasteiger partial charge in [-0.05, 0) is 51.9 Å². The number of hydrogen-bond acceptors (Lipinski definition) is 19. The first-order valence-corrected chi connectivity index (χ1v) is 29.0. The average Bonchev–Trinajstić information content (AvgIpc) is 3.06. The van der Waals surface area contributed by atoms with Crippen molar-refractivity contribution in [2.45, 2.75) is 81.8 Å². The molecule has 0 bridgehead atoms. The molecule has 4 aromatic heterocycles. The number of benzene rings is 4. The van der Waals surface area contributed by atoms with Crippen molar-refractivity contribution in [3.8, 4) is 56.8 Å². The molecule has 85 heavy (non-hydrogen) atoms. The van der Waals surface area contributed by atoms with Crippen LogP contribution in [0.4, 0.5) is 0 Å². The Balaban J connectivity index is 0.000000190. The first kappa shape index (κ1) is 61.0. The molecule has 3 fully saturated rings. The van der Waals surface area contributed by atoms with E-state index >= 15 is 0 Å². The molecule has 23 heteroatoms. The van der Waals surface area contributed by atoms with Crippen LogP contribution in [-0.4, -0.2) is 187 Å². The third-order valence-electron chi connectivity index (χ3n) is 14.8. The van der Waals surface area contributed by atoms with Gasteiger partial charge in [0.15, 0.2) is 11.3 Å². The van der Waals surface area contributed by atoms with Crippen LogP contribution in [-0.2, 0) is 46.1 Å². The summed E-state index contributed by atoms with van der Waals surface area (Å²) in [5.74, 6) is -0.705. The fourth-order valence-electron chi connectivity index (χ4n) is 10.1.